The number of nitrogens with one attached hydrogen (secondary N) is 1. The zero-order valence-electron chi connectivity index (χ0n) is 15.7. The highest BCUT2D eigenvalue weighted by Crippen LogP contribution is 2.26. The molecule has 2 heterocycles. The third kappa shape index (κ3) is 4.20. The first-order chi connectivity index (χ1) is 14.5. The molecule has 9 nitrogen and oxygen atoms in total. The van der Waals surface area contributed by atoms with Crippen LogP contribution < -0.4 is 5.73 Å². The minimum Gasteiger partial charge on any atom is -0.473 e. The summed E-state index contributed by atoms with van der Waals surface area (Å²) in [4.78, 5) is 29.4. The Labute approximate surface area is 170 Å². The van der Waals surface area contributed by atoms with Crippen molar-refractivity contribution in [1.29, 1.82) is 0 Å². The van der Waals surface area contributed by atoms with Gasteiger partial charge < -0.3 is 19.4 Å². The minimum atomic E-state index is -1.69. The molecule has 0 amide bonds. The lowest BCUT2D eigenvalue weighted by molar-refractivity contribution is -0.167. The van der Waals surface area contributed by atoms with Gasteiger partial charge in [0, 0.05) is 35.5 Å². The molecule has 0 aliphatic rings. The number of ether oxygens (including phenoxy) is 1. The number of fused-ring (bicyclic) bond motifs is 1. The van der Waals surface area contributed by atoms with E-state index in [0.717, 1.165) is 27.6 Å². The molecule has 0 radical (unpaired) electrons. The number of benzene rings is 2. The van der Waals surface area contributed by atoms with E-state index in [0.29, 0.717) is 18.1 Å². The maximum atomic E-state index is 11.2. The second-order valence-corrected chi connectivity index (χ2v) is 6.71. The Morgan fingerprint density at radius 1 is 1.20 bits per heavy atom. The van der Waals surface area contributed by atoms with Crippen molar-refractivity contribution in [3.05, 3.63) is 71.7 Å². The second kappa shape index (κ2) is 8.18. The smallest absolute Gasteiger partial charge is 0.418 e. The van der Waals surface area contributed by atoms with Crippen molar-refractivity contribution < 1.29 is 24.0 Å². The van der Waals surface area contributed by atoms with Crippen molar-refractivity contribution in [2.45, 2.75) is 19.1 Å². The molecule has 2 aromatic carbocycles. The maximum absolute atomic E-state index is 11.2. The van der Waals surface area contributed by atoms with E-state index in [9.17, 15) is 9.59 Å². The number of hydrogen-bond acceptors (Lipinski definition) is 7. The topological polar surface area (TPSA) is 144 Å². The standard InChI is InChI=1S/C21H18N4O5/c22-17(29-21(28)20(26)27)10-14-11-23-16-7-6-13(9-15(14)16)19-24-18(25-30-19)8-12-4-2-1-3-5-12/h1-7,9,11,17,23H,8,10,22H2,(H,26,27). The van der Waals surface area contributed by atoms with Gasteiger partial charge >= 0.3 is 11.9 Å². The van der Waals surface area contributed by atoms with E-state index < -0.39 is 18.2 Å². The van der Waals surface area contributed by atoms with Gasteiger partial charge in [-0.25, -0.2) is 9.59 Å². The van der Waals surface area contributed by atoms with E-state index in [1.807, 2.05) is 48.5 Å². The van der Waals surface area contributed by atoms with Crippen molar-refractivity contribution in [1.82, 2.24) is 15.1 Å². The van der Waals surface area contributed by atoms with E-state index in [2.05, 4.69) is 15.1 Å². The number of esters is 1. The normalized spacial score (nSPS) is 12.0. The quantitative estimate of drug-likeness (QED) is 0.251. The Morgan fingerprint density at radius 2 is 2.00 bits per heavy atom. The largest absolute Gasteiger partial charge is 0.473 e. The fourth-order valence-corrected chi connectivity index (χ4v) is 3.15. The summed E-state index contributed by atoms with van der Waals surface area (Å²) >= 11 is 0. The van der Waals surface area contributed by atoms with Gasteiger partial charge in [0.1, 0.15) is 0 Å². The summed E-state index contributed by atoms with van der Waals surface area (Å²) in [5.41, 5.74) is 9.18. The van der Waals surface area contributed by atoms with Crippen LogP contribution in [-0.2, 0) is 27.2 Å². The van der Waals surface area contributed by atoms with Gasteiger partial charge in [-0.3, -0.25) is 5.73 Å². The molecule has 0 spiro atoms. The number of hydrogen-bond donors (Lipinski definition) is 3. The number of nitrogens with two attached hydrogens (primary N) is 1. The van der Waals surface area contributed by atoms with Gasteiger partial charge in [-0.15, -0.1) is 0 Å². The van der Waals surface area contributed by atoms with E-state index >= 15 is 0 Å². The molecular weight excluding hydrogens is 388 g/mol. The summed E-state index contributed by atoms with van der Waals surface area (Å²) < 4.78 is 10.1. The molecule has 0 bridgehead atoms. The molecule has 152 valence electrons. The molecule has 9 heteroatoms. The van der Waals surface area contributed by atoms with E-state index in [4.69, 9.17) is 20.1 Å². The number of H-pyrrole nitrogens is 1. The second-order valence-electron chi connectivity index (χ2n) is 6.71. The lowest BCUT2D eigenvalue weighted by atomic mass is 10.1. The van der Waals surface area contributed by atoms with Gasteiger partial charge in [-0.05, 0) is 29.3 Å². The first-order valence-electron chi connectivity index (χ1n) is 9.16. The summed E-state index contributed by atoms with van der Waals surface area (Å²) in [6.07, 6.45) is 1.35. The molecule has 1 unspecified atom stereocenters. The Morgan fingerprint density at radius 3 is 2.77 bits per heavy atom. The van der Waals surface area contributed by atoms with E-state index in [1.54, 1.807) is 6.20 Å². The fourth-order valence-electron chi connectivity index (χ4n) is 3.15. The zero-order valence-corrected chi connectivity index (χ0v) is 15.7. The van der Waals surface area contributed by atoms with Crippen molar-refractivity contribution >= 4 is 22.8 Å². The number of rotatable bonds is 6. The van der Waals surface area contributed by atoms with Crippen LogP contribution in [0.3, 0.4) is 0 Å². The lowest BCUT2D eigenvalue weighted by Crippen LogP contribution is -2.32. The molecule has 0 aliphatic heterocycles. The highest BCUT2D eigenvalue weighted by molar-refractivity contribution is 6.28. The number of carbonyl (C=O) groups excluding carboxylic acids is 1. The van der Waals surface area contributed by atoms with Crippen LogP contribution in [0.5, 0.6) is 0 Å². The SMILES string of the molecule is NC(Cc1c[nH]c2ccc(-c3nc(Cc4ccccc4)no3)cc12)OC(=O)C(=O)O. The number of carboxylic acid groups (broad SMARTS) is 1. The van der Waals surface area contributed by atoms with Gasteiger partial charge in [0.25, 0.3) is 5.89 Å². The molecule has 4 rings (SSSR count). The molecule has 0 aliphatic carbocycles. The summed E-state index contributed by atoms with van der Waals surface area (Å²) in [5.74, 6) is -2.11. The number of aromatic nitrogens is 3. The Kier molecular flexibility index (Phi) is 5.27. The molecule has 4 N–H and O–H groups in total. The predicted molar refractivity (Wildman–Crippen MR) is 106 cm³/mol. The first kappa shape index (κ1) is 19.3. The minimum absolute atomic E-state index is 0.144. The van der Waals surface area contributed by atoms with Crippen molar-refractivity contribution in [3.8, 4) is 11.5 Å². The summed E-state index contributed by atoms with van der Waals surface area (Å²) in [5, 5.41) is 13.5. The summed E-state index contributed by atoms with van der Waals surface area (Å²) in [7, 11) is 0. The Bertz CT molecular complexity index is 1200. The van der Waals surface area contributed by atoms with Crippen LogP contribution in [0.15, 0.2) is 59.3 Å². The molecule has 0 saturated carbocycles. The molecule has 1 atom stereocenters. The van der Waals surface area contributed by atoms with Crippen LogP contribution in [0, 0.1) is 0 Å². The third-order valence-electron chi connectivity index (χ3n) is 4.54. The van der Waals surface area contributed by atoms with Gasteiger partial charge in [-0.2, -0.15) is 4.98 Å². The van der Waals surface area contributed by atoms with Crippen molar-refractivity contribution in [3.63, 3.8) is 0 Å². The molecule has 30 heavy (non-hydrogen) atoms. The zero-order chi connectivity index (χ0) is 21.1. The number of carbonyl (C=O) groups is 2. The van der Waals surface area contributed by atoms with E-state index in [1.165, 1.54) is 0 Å². The first-order valence-corrected chi connectivity index (χ1v) is 9.16. The highest BCUT2D eigenvalue weighted by atomic mass is 16.6. The molecule has 2 aromatic heterocycles. The predicted octanol–water partition coefficient (Wildman–Crippen LogP) is 2.26. The summed E-state index contributed by atoms with van der Waals surface area (Å²) in [6.45, 7) is 0. The van der Waals surface area contributed by atoms with Gasteiger partial charge in [0.2, 0.25) is 0 Å². The van der Waals surface area contributed by atoms with Gasteiger partial charge in [0.05, 0.1) is 0 Å². The van der Waals surface area contributed by atoms with E-state index in [-0.39, 0.29) is 6.42 Å². The number of carboxylic acids is 1. The monoisotopic (exact) mass is 406 g/mol. The average Bonchev–Trinajstić information content (AvgIpc) is 3.35. The summed E-state index contributed by atoms with van der Waals surface area (Å²) in [6, 6.07) is 15.4. The molecule has 0 fully saturated rings. The molecule has 4 aromatic rings. The average molecular weight is 406 g/mol. The van der Waals surface area contributed by atoms with Crippen LogP contribution >= 0.6 is 0 Å². The van der Waals surface area contributed by atoms with Crippen molar-refractivity contribution in [2.24, 2.45) is 5.73 Å². The van der Waals surface area contributed by atoms with Crippen LogP contribution in [-0.4, -0.2) is 38.4 Å². The van der Waals surface area contributed by atoms with Crippen LogP contribution in [0.2, 0.25) is 0 Å². The highest BCUT2D eigenvalue weighted by Gasteiger charge is 2.19. The number of nitrogens with zero attached hydrogens (tertiary/aromatic N) is 2. The number of aromatic amines is 1. The van der Waals surface area contributed by atoms with Crippen LogP contribution in [0.4, 0.5) is 0 Å². The van der Waals surface area contributed by atoms with Gasteiger partial charge in [0.15, 0.2) is 12.1 Å². The number of aliphatic carboxylic acids is 1. The molecule has 0 saturated heterocycles. The van der Waals surface area contributed by atoms with Crippen molar-refractivity contribution in [2.75, 3.05) is 0 Å². The maximum Gasteiger partial charge on any atom is 0.418 e. The third-order valence-corrected chi connectivity index (χ3v) is 4.54. The Hall–Kier alpha value is -3.98. The molecular formula is C21H18N4O5. The van der Waals surface area contributed by atoms with Gasteiger partial charge in [-0.1, -0.05) is 35.5 Å². The lowest BCUT2D eigenvalue weighted by Gasteiger charge is -2.10. The van der Waals surface area contributed by atoms with Crippen LogP contribution in [0.25, 0.3) is 22.4 Å². The van der Waals surface area contributed by atoms with Crippen LogP contribution in [0.1, 0.15) is 17.0 Å². The fraction of sp³-hybridized carbons (Fsp3) is 0.143. The Balaban J connectivity index is 1.54.